The van der Waals surface area contributed by atoms with Crippen molar-refractivity contribution in [1.29, 1.82) is 0 Å². The van der Waals surface area contributed by atoms with Gasteiger partial charge in [-0.3, -0.25) is 4.79 Å². The minimum Gasteiger partial charge on any atom is -0.496 e. The van der Waals surface area contributed by atoms with E-state index in [2.05, 4.69) is 15.2 Å². The lowest BCUT2D eigenvalue weighted by molar-refractivity contribution is -0.115. The van der Waals surface area contributed by atoms with E-state index in [1.165, 1.54) is 0 Å². The fourth-order valence-electron chi connectivity index (χ4n) is 2.70. The highest BCUT2D eigenvalue weighted by atomic mass is 32.2. The highest BCUT2D eigenvalue weighted by Crippen LogP contribution is 2.27. The van der Waals surface area contributed by atoms with Crippen LogP contribution >= 0.6 is 11.3 Å². The molecule has 0 aliphatic carbocycles. The molecule has 10 heteroatoms. The van der Waals surface area contributed by atoms with Crippen LogP contribution < -0.4 is 14.8 Å². The van der Waals surface area contributed by atoms with Gasteiger partial charge in [0.1, 0.15) is 21.3 Å². The van der Waals surface area contributed by atoms with Crippen LogP contribution in [0.2, 0.25) is 0 Å². The molecule has 3 rings (SSSR count). The number of carbonyl (C=O) groups is 1. The molecule has 0 saturated carbocycles. The van der Waals surface area contributed by atoms with Gasteiger partial charge >= 0.3 is 0 Å². The largest absolute Gasteiger partial charge is 0.496 e. The quantitative estimate of drug-likeness (QED) is 0.497. The Balaban J connectivity index is 1.72. The second-order valence-electron chi connectivity index (χ2n) is 6.54. The van der Waals surface area contributed by atoms with Gasteiger partial charge in [-0.25, -0.2) is 13.1 Å². The predicted molar refractivity (Wildman–Crippen MR) is 120 cm³/mol. The Hall–Kier alpha value is -2.95. The SMILES string of the molecule is CCC(=O)Nc1c(C)noc1C=Cc1ccc(S(=O)(=O)NCc2ccccc2OC)s1. The average molecular weight is 462 g/mol. The Bertz CT molecular complexity index is 1200. The summed E-state index contributed by atoms with van der Waals surface area (Å²) in [4.78, 5) is 12.4. The number of benzene rings is 1. The van der Waals surface area contributed by atoms with Crippen LogP contribution in [0.5, 0.6) is 5.75 Å². The summed E-state index contributed by atoms with van der Waals surface area (Å²) in [5, 5.41) is 6.63. The third-order valence-electron chi connectivity index (χ3n) is 4.39. The molecule has 0 aliphatic rings. The van der Waals surface area contributed by atoms with Crippen molar-refractivity contribution in [3.63, 3.8) is 0 Å². The van der Waals surface area contributed by atoms with E-state index < -0.39 is 10.0 Å². The minimum atomic E-state index is -3.68. The molecule has 0 spiro atoms. The summed E-state index contributed by atoms with van der Waals surface area (Å²) in [6, 6.07) is 10.5. The van der Waals surface area contributed by atoms with E-state index in [0.29, 0.717) is 34.2 Å². The summed E-state index contributed by atoms with van der Waals surface area (Å²) in [6.45, 7) is 3.60. The van der Waals surface area contributed by atoms with Gasteiger partial charge in [0.05, 0.1) is 7.11 Å². The number of sulfonamides is 1. The van der Waals surface area contributed by atoms with Gasteiger partial charge in [-0.1, -0.05) is 30.3 Å². The Labute approximate surface area is 185 Å². The number of amides is 1. The summed E-state index contributed by atoms with van der Waals surface area (Å²) in [6.07, 6.45) is 3.70. The molecule has 0 saturated heterocycles. The van der Waals surface area contributed by atoms with Gasteiger partial charge in [0, 0.05) is 23.4 Å². The molecule has 0 fully saturated rings. The zero-order chi connectivity index (χ0) is 22.4. The Morgan fingerprint density at radius 3 is 2.74 bits per heavy atom. The first-order valence-electron chi connectivity index (χ1n) is 9.49. The number of para-hydroxylation sites is 1. The lowest BCUT2D eigenvalue weighted by Gasteiger charge is -2.09. The molecule has 0 atom stereocenters. The Morgan fingerprint density at radius 2 is 2.00 bits per heavy atom. The first kappa shape index (κ1) is 22.7. The number of aryl methyl sites for hydroxylation is 1. The van der Waals surface area contributed by atoms with E-state index in [-0.39, 0.29) is 16.7 Å². The van der Waals surface area contributed by atoms with Crippen LogP contribution in [0.4, 0.5) is 5.69 Å². The van der Waals surface area contributed by atoms with E-state index >= 15 is 0 Å². The second kappa shape index (κ2) is 9.90. The molecule has 1 amide bonds. The minimum absolute atomic E-state index is 0.118. The Morgan fingerprint density at radius 1 is 1.23 bits per heavy atom. The van der Waals surface area contributed by atoms with Crippen molar-refractivity contribution in [2.45, 2.75) is 31.0 Å². The fourth-order valence-corrected chi connectivity index (χ4v) is 4.98. The molecule has 2 N–H and O–H groups in total. The van der Waals surface area contributed by atoms with Gasteiger partial charge < -0.3 is 14.6 Å². The van der Waals surface area contributed by atoms with Crippen molar-refractivity contribution in [3.8, 4) is 5.75 Å². The topological polar surface area (TPSA) is 111 Å². The lowest BCUT2D eigenvalue weighted by atomic mass is 10.2. The third kappa shape index (κ3) is 5.60. The van der Waals surface area contributed by atoms with E-state index in [1.807, 2.05) is 12.1 Å². The molecule has 0 radical (unpaired) electrons. The van der Waals surface area contributed by atoms with E-state index in [1.54, 1.807) is 57.4 Å². The zero-order valence-corrected chi connectivity index (χ0v) is 19.0. The molecule has 0 aliphatic heterocycles. The first-order valence-corrected chi connectivity index (χ1v) is 11.8. The molecule has 31 heavy (non-hydrogen) atoms. The van der Waals surface area contributed by atoms with Gasteiger partial charge in [-0.2, -0.15) is 0 Å². The van der Waals surface area contributed by atoms with E-state index in [4.69, 9.17) is 9.26 Å². The lowest BCUT2D eigenvalue weighted by Crippen LogP contribution is -2.22. The average Bonchev–Trinajstić information content (AvgIpc) is 3.38. The number of rotatable bonds is 9. The first-order chi connectivity index (χ1) is 14.8. The molecule has 2 aromatic heterocycles. The maximum absolute atomic E-state index is 12.7. The van der Waals surface area contributed by atoms with Gasteiger partial charge in [0.25, 0.3) is 0 Å². The van der Waals surface area contributed by atoms with Crippen molar-refractivity contribution >= 4 is 45.1 Å². The van der Waals surface area contributed by atoms with Crippen LogP contribution in [-0.2, 0) is 21.4 Å². The smallest absolute Gasteiger partial charge is 0.250 e. The van der Waals surface area contributed by atoms with Crippen molar-refractivity contribution in [2.24, 2.45) is 0 Å². The number of nitrogens with zero attached hydrogens (tertiary/aromatic N) is 1. The number of ether oxygens (including phenoxy) is 1. The van der Waals surface area contributed by atoms with Gasteiger partial charge in [-0.15, -0.1) is 11.3 Å². The predicted octanol–water partition coefficient (Wildman–Crippen LogP) is 4.05. The highest BCUT2D eigenvalue weighted by Gasteiger charge is 2.17. The molecule has 164 valence electrons. The number of methoxy groups -OCH3 is 1. The maximum Gasteiger partial charge on any atom is 0.250 e. The number of nitrogens with one attached hydrogen (secondary N) is 2. The number of aromatic nitrogens is 1. The molecule has 0 unspecified atom stereocenters. The molecule has 3 aromatic rings. The standard InChI is InChI=1S/C21H23N3O5S2/c1-4-19(25)23-21-14(2)24-29-18(21)11-9-16-10-12-20(30-16)31(26,27)22-13-15-7-5-6-8-17(15)28-3/h5-12,22H,4,13H2,1-3H3,(H,23,25). The monoisotopic (exact) mass is 461 g/mol. The molecular weight excluding hydrogens is 438 g/mol. The number of anilines is 1. The molecule has 0 bridgehead atoms. The van der Waals surface area contributed by atoms with Crippen LogP contribution in [0, 0.1) is 6.92 Å². The van der Waals surface area contributed by atoms with Gasteiger partial charge in [0.15, 0.2) is 5.76 Å². The van der Waals surface area contributed by atoms with E-state index in [0.717, 1.165) is 16.9 Å². The second-order valence-corrected chi connectivity index (χ2v) is 9.64. The number of hydrogen-bond acceptors (Lipinski definition) is 7. The van der Waals surface area contributed by atoms with Crippen molar-refractivity contribution in [2.75, 3.05) is 12.4 Å². The zero-order valence-electron chi connectivity index (χ0n) is 17.3. The summed E-state index contributed by atoms with van der Waals surface area (Å²) in [7, 11) is -2.14. The normalized spacial score (nSPS) is 11.7. The Kier molecular flexibility index (Phi) is 7.26. The van der Waals surface area contributed by atoms with Crippen LogP contribution in [0.3, 0.4) is 0 Å². The van der Waals surface area contributed by atoms with Gasteiger partial charge in [0.2, 0.25) is 15.9 Å². The van der Waals surface area contributed by atoms with Crippen LogP contribution in [0.25, 0.3) is 12.2 Å². The summed E-state index contributed by atoms with van der Waals surface area (Å²) in [5.41, 5.74) is 1.81. The number of hydrogen-bond donors (Lipinski definition) is 2. The third-order valence-corrected chi connectivity index (χ3v) is 7.33. The van der Waals surface area contributed by atoms with Crippen LogP contribution in [-0.4, -0.2) is 26.6 Å². The molecular formula is C21H23N3O5S2. The van der Waals surface area contributed by atoms with Crippen molar-refractivity contribution < 1.29 is 22.5 Å². The number of carbonyl (C=O) groups excluding carboxylic acids is 1. The molecule has 8 nitrogen and oxygen atoms in total. The summed E-state index contributed by atoms with van der Waals surface area (Å²) in [5.74, 6) is 0.867. The maximum atomic E-state index is 12.7. The van der Waals surface area contributed by atoms with E-state index in [9.17, 15) is 13.2 Å². The number of thiophene rings is 1. The van der Waals surface area contributed by atoms with Crippen LogP contribution in [0.15, 0.2) is 45.1 Å². The molecule has 1 aromatic carbocycles. The fraction of sp³-hybridized carbons (Fsp3) is 0.238. The van der Waals surface area contributed by atoms with Gasteiger partial charge in [-0.05, 0) is 37.3 Å². The van der Waals surface area contributed by atoms with Crippen molar-refractivity contribution in [1.82, 2.24) is 9.88 Å². The van der Waals surface area contributed by atoms with Crippen LogP contribution in [0.1, 0.15) is 35.2 Å². The molecule has 2 heterocycles. The highest BCUT2D eigenvalue weighted by molar-refractivity contribution is 7.91. The summed E-state index contributed by atoms with van der Waals surface area (Å²) < 4.78 is 38.6. The van der Waals surface area contributed by atoms with Crippen molar-refractivity contribution in [3.05, 3.63) is 58.3 Å². The summed E-state index contributed by atoms with van der Waals surface area (Å²) >= 11 is 1.12.